The number of fused-ring (bicyclic) bond motifs is 1. The standard InChI is InChI=1S/C19H23N3O2/c23-15-22(17-7-5-10-20-13-17)11-4-3-9-21-14-18-12-16-6-1-2-8-19(16)24-18/h1-2,5-8,10,13,15,18,21H,3-4,9,11-12,14H2. The summed E-state index contributed by atoms with van der Waals surface area (Å²) < 4.78 is 5.90. The van der Waals surface area contributed by atoms with E-state index in [2.05, 4.69) is 22.4 Å². The van der Waals surface area contributed by atoms with Crippen molar-refractivity contribution in [2.75, 3.05) is 24.5 Å². The largest absolute Gasteiger partial charge is 0.488 e. The highest BCUT2D eigenvalue weighted by atomic mass is 16.5. The monoisotopic (exact) mass is 325 g/mol. The van der Waals surface area contributed by atoms with Crippen molar-refractivity contribution in [3.63, 3.8) is 0 Å². The highest BCUT2D eigenvalue weighted by Gasteiger charge is 2.21. The van der Waals surface area contributed by atoms with E-state index in [1.165, 1.54) is 5.56 Å². The number of carbonyl (C=O) groups excluding carboxylic acids is 1. The Balaban J connectivity index is 1.30. The summed E-state index contributed by atoms with van der Waals surface area (Å²) in [4.78, 5) is 16.9. The van der Waals surface area contributed by atoms with Gasteiger partial charge in [0.05, 0.1) is 11.9 Å². The minimum absolute atomic E-state index is 0.226. The molecule has 5 heteroatoms. The first-order chi connectivity index (χ1) is 11.9. The zero-order chi connectivity index (χ0) is 16.6. The normalized spacial score (nSPS) is 15.6. The van der Waals surface area contributed by atoms with Crippen molar-refractivity contribution in [2.24, 2.45) is 0 Å². The molecule has 0 bridgehead atoms. The Morgan fingerprint density at radius 2 is 2.17 bits per heavy atom. The number of unbranched alkanes of at least 4 members (excludes halogenated alkanes) is 1. The lowest BCUT2D eigenvalue weighted by Gasteiger charge is -2.17. The fourth-order valence-corrected chi connectivity index (χ4v) is 2.93. The molecule has 1 aromatic carbocycles. The van der Waals surface area contributed by atoms with Crippen LogP contribution in [0.3, 0.4) is 0 Å². The van der Waals surface area contributed by atoms with E-state index in [0.29, 0.717) is 6.54 Å². The fourth-order valence-electron chi connectivity index (χ4n) is 2.93. The van der Waals surface area contributed by atoms with E-state index in [-0.39, 0.29) is 6.10 Å². The number of rotatable bonds is 9. The van der Waals surface area contributed by atoms with E-state index < -0.39 is 0 Å². The molecule has 1 atom stereocenters. The smallest absolute Gasteiger partial charge is 0.214 e. The number of para-hydroxylation sites is 1. The molecular weight excluding hydrogens is 302 g/mol. The molecule has 1 aromatic heterocycles. The van der Waals surface area contributed by atoms with Crippen molar-refractivity contribution < 1.29 is 9.53 Å². The lowest BCUT2D eigenvalue weighted by molar-refractivity contribution is -0.107. The van der Waals surface area contributed by atoms with Crippen LogP contribution in [0.2, 0.25) is 0 Å². The maximum atomic E-state index is 11.2. The summed E-state index contributed by atoms with van der Waals surface area (Å²) in [7, 11) is 0. The first kappa shape index (κ1) is 16.5. The molecule has 1 N–H and O–H groups in total. The van der Waals surface area contributed by atoms with E-state index in [4.69, 9.17) is 4.74 Å². The van der Waals surface area contributed by atoms with E-state index in [1.807, 2.05) is 24.3 Å². The molecule has 5 nitrogen and oxygen atoms in total. The van der Waals surface area contributed by atoms with E-state index in [9.17, 15) is 4.79 Å². The van der Waals surface area contributed by atoms with Gasteiger partial charge in [0.1, 0.15) is 11.9 Å². The van der Waals surface area contributed by atoms with Crippen LogP contribution in [0.5, 0.6) is 5.75 Å². The second kappa shape index (κ2) is 8.45. The molecule has 1 aliphatic rings. The maximum absolute atomic E-state index is 11.2. The molecular formula is C19H23N3O2. The summed E-state index contributed by atoms with van der Waals surface area (Å²) in [6, 6.07) is 12.0. The molecule has 1 aliphatic heterocycles. The number of ether oxygens (including phenoxy) is 1. The Hall–Kier alpha value is -2.40. The lowest BCUT2D eigenvalue weighted by Crippen LogP contribution is -2.31. The van der Waals surface area contributed by atoms with Gasteiger partial charge in [0.15, 0.2) is 0 Å². The summed E-state index contributed by atoms with van der Waals surface area (Å²) in [5, 5.41) is 3.45. The van der Waals surface area contributed by atoms with Crippen molar-refractivity contribution in [2.45, 2.75) is 25.4 Å². The fraction of sp³-hybridized carbons (Fsp3) is 0.368. The second-order valence-electron chi connectivity index (χ2n) is 5.97. The molecule has 0 spiro atoms. The summed E-state index contributed by atoms with van der Waals surface area (Å²) in [5.74, 6) is 1.02. The third-order valence-electron chi connectivity index (χ3n) is 4.19. The van der Waals surface area contributed by atoms with Crippen molar-refractivity contribution in [3.05, 3.63) is 54.4 Å². The zero-order valence-corrected chi connectivity index (χ0v) is 13.7. The lowest BCUT2D eigenvalue weighted by atomic mass is 10.1. The number of nitrogens with zero attached hydrogens (tertiary/aromatic N) is 2. The zero-order valence-electron chi connectivity index (χ0n) is 13.7. The Bertz CT molecular complexity index is 623. The highest BCUT2D eigenvalue weighted by molar-refractivity contribution is 5.74. The summed E-state index contributed by atoms with van der Waals surface area (Å²) in [6.45, 7) is 2.49. The molecule has 0 saturated heterocycles. The number of anilines is 1. The number of hydrogen-bond donors (Lipinski definition) is 1. The number of hydrogen-bond acceptors (Lipinski definition) is 4. The molecule has 2 heterocycles. The summed E-state index contributed by atoms with van der Waals surface area (Å²) >= 11 is 0. The molecule has 126 valence electrons. The molecule has 3 rings (SSSR count). The summed E-state index contributed by atoms with van der Waals surface area (Å²) in [6.07, 6.45) is 7.46. The van der Waals surface area contributed by atoms with E-state index >= 15 is 0 Å². The number of amides is 1. The maximum Gasteiger partial charge on any atom is 0.214 e. The van der Waals surface area contributed by atoms with Crippen molar-refractivity contribution in [3.8, 4) is 5.75 Å². The van der Waals surface area contributed by atoms with Crippen LogP contribution in [-0.4, -0.2) is 37.1 Å². The van der Waals surface area contributed by atoms with Gasteiger partial charge in [0.25, 0.3) is 0 Å². The number of pyridine rings is 1. The quantitative estimate of drug-likeness (QED) is 0.568. The number of benzene rings is 1. The van der Waals surface area contributed by atoms with Crippen molar-refractivity contribution in [1.29, 1.82) is 0 Å². The molecule has 1 amide bonds. The SMILES string of the molecule is O=CN(CCCCNCC1Cc2ccccc2O1)c1cccnc1. The van der Waals surface area contributed by atoms with Crippen LogP contribution in [0.15, 0.2) is 48.8 Å². The van der Waals surface area contributed by atoms with Gasteiger partial charge in [-0.3, -0.25) is 9.78 Å². The van der Waals surface area contributed by atoms with Gasteiger partial charge in [0.2, 0.25) is 6.41 Å². The molecule has 24 heavy (non-hydrogen) atoms. The molecule has 2 aromatic rings. The van der Waals surface area contributed by atoms with Gasteiger partial charge in [0, 0.05) is 25.7 Å². The summed E-state index contributed by atoms with van der Waals surface area (Å²) in [5.41, 5.74) is 2.14. The van der Waals surface area contributed by atoms with Crippen LogP contribution >= 0.6 is 0 Å². The number of carbonyl (C=O) groups is 1. The van der Waals surface area contributed by atoms with Gasteiger partial charge < -0.3 is 15.0 Å². The first-order valence-electron chi connectivity index (χ1n) is 8.44. The topological polar surface area (TPSA) is 54.5 Å². The van der Waals surface area contributed by atoms with Gasteiger partial charge in [-0.1, -0.05) is 18.2 Å². The van der Waals surface area contributed by atoms with Crippen LogP contribution in [0.4, 0.5) is 5.69 Å². The van der Waals surface area contributed by atoms with Crippen LogP contribution < -0.4 is 15.0 Å². The van der Waals surface area contributed by atoms with E-state index in [0.717, 1.165) is 50.2 Å². The van der Waals surface area contributed by atoms with Crippen molar-refractivity contribution >= 4 is 12.1 Å². The van der Waals surface area contributed by atoms with E-state index in [1.54, 1.807) is 17.3 Å². The minimum Gasteiger partial charge on any atom is -0.488 e. The second-order valence-corrected chi connectivity index (χ2v) is 5.97. The average molecular weight is 325 g/mol. The van der Waals surface area contributed by atoms with Gasteiger partial charge in [-0.25, -0.2) is 0 Å². The van der Waals surface area contributed by atoms with Gasteiger partial charge >= 0.3 is 0 Å². The number of nitrogens with one attached hydrogen (secondary N) is 1. The van der Waals surface area contributed by atoms with Crippen LogP contribution in [0.1, 0.15) is 18.4 Å². The molecule has 1 unspecified atom stereocenters. The van der Waals surface area contributed by atoms with Gasteiger partial charge in [-0.15, -0.1) is 0 Å². The predicted molar refractivity (Wildman–Crippen MR) is 94.3 cm³/mol. The Labute approximate surface area is 142 Å². The Kier molecular flexibility index (Phi) is 5.80. The number of aromatic nitrogens is 1. The van der Waals surface area contributed by atoms with Crippen molar-refractivity contribution in [1.82, 2.24) is 10.3 Å². The van der Waals surface area contributed by atoms with Gasteiger partial charge in [-0.05, 0) is 43.1 Å². The third kappa shape index (κ3) is 4.32. The molecule has 0 aliphatic carbocycles. The third-order valence-corrected chi connectivity index (χ3v) is 4.19. The average Bonchev–Trinajstić information content (AvgIpc) is 3.05. The Morgan fingerprint density at radius 1 is 1.25 bits per heavy atom. The predicted octanol–water partition coefficient (Wildman–Crippen LogP) is 2.42. The van der Waals surface area contributed by atoms with Crippen LogP contribution in [-0.2, 0) is 11.2 Å². The van der Waals surface area contributed by atoms with Crippen LogP contribution in [0, 0.1) is 0 Å². The minimum atomic E-state index is 0.226. The Morgan fingerprint density at radius 3 is 2.96 bits per heavy atom. The first-order valence-corrected chi connectivity index (χ1v) is 8.44. The van der Waals surface area contributed by atoms with Crippen LogP contribution in [0.25, 0.3) is 0 Å². The molecule has 0 saturated carbocycles. The van der Waals surface area contributed by atoms with Gasteiger partial charge in [-0.2, -0.15) is 0 Å². The molecule has 0 fully saturated rings. The highest BCUT2D eigenvalue weighted by Crippen LogP contribution is 2.27. The molecule has 0 radical (unpaired) electrons.